The molecule has 0 saturated heterocycles. The highest BCUT2D eigenvalue weighted by atomic mass is 16.5. The van der Waals surface area contributed by atoms with Crippen LogP contribution in [0.15, 0.2) is 0 Å². The van der Waals surface area contributed by atoms with Gasteiger partial charge in [-0.05, 0) is 6.42 Å². The van der Waals surface area contributed by atoms with E-state index >= 15 is 0 Å². The molecule has 0 aromatic heterocycles. The third-order valence-corrected chi connectivity index (χ3v) is 3.63. The fourth-order valence-corrected chi connectivity index (χ4v) is 2.23. The van der Waals surface area contributed by atoms with Gasteiger partial charge in [-0.1, -0.05) is 64.7 Å². The minimum Gasteiger partial charge on any atom is -0.394 e. The summed E-state index contributed by atoms with van der Waals surface area (Å²) in [7, 11) is 0. The number of hydrogen-bond acceptors (Lipinski definition) is 4. The molecule has 0 saturated carbocycles. The lowest BCUT2D eigenvalue weighted by molar-refractivity contribution is -0.0802. The number of unbranched alkanes of at least 4 members (excludes halogenated alkanes) is 9. The molecule has 4 nitrogen and oxygen atoms in total. The predicted molar refractivity (Wildman–Crippen MR) is 81.8 cm³/mol. The van der Waals surface area contributed by atoms with E-state index < -0.39 is 12.2 Å². The van der Waals surface area contributed by atoms with Crippen molar-refractivity contribution in [1.29, 1.82) is 0 Å². The summed E-state index contributed by atoms with van der Waals surface area (Å²) < 4.78 is 5.36. The Morgan fingerprint density at radius 1 is 0.750 bits per heavy atom. The van der Waals surface area contributed by atoms with Gasteiger partial charge in [-0.25, -0.2) is 0 Å². The van der Waals surface area contributed by atoms with Crippen molar-refractivity contribution in [3.8, 4) is 0 Å². The second kappa shape index (κ2) is 15.2. The topological polar surface area (TPSA) is 69.9 Å². The van der Waals surface area contributed by atoms with Crippen LogP contribution in [0.25, 0.3) is 0 Å². The van der Waals surface area contributed by atoms with Gasteiger partial charge >= 0.3 is 0 Å². The maximum atomic E-state index is 9.34. The number of aliphatic hydroxyl groups excluding tert-OH is 3. The van der Waals surface area contributed by atoms with Crippen LogP contribution in [0.1, 0.15) is 71.1 Å². The maximum absolute atomic E-state index is 9.34. The van der Waals surface area contributed by atoms with Gasteiger partial charge in [0.15, 0.2) is 0 Å². The lowest BCUT2D eigenvalue weighted by Gasteiger charge is -2.19. The van der Waals surface area contributed by atoms with Gasteiger partial charge in [-0.2, -0.15) is 0 Å². The van der Waals surface area contributed by atoms with Gasteiger partial charge in [-0.15, -0.1) is 0 Å². The summed E-state index contributed by atoms with van der Waals surface area (Å²) in [6, 6.07) is 0. The van der Waals surface area contributed by atoms with E-state index in [4.69, 9.17) is 14.9 Å². The Morgan fingerprint density at radius 2 is 1.25 bits per heavy atom. The molecule has 122 valence electrons. The fourth-order valence-electron chi connectivity index (χ4n) is 2.23. The van der Waals surface area contributed by atoms with Crippen molar-refractivity contribution in [3.05, 3.63) is 0 Å². The van der Waals surface area contributed by atoms with E-state index in [1.54, 1.807) is 0 Å². The van der Waals surface area contributed by atoms with E-state index in [0.717, 1.165) is 12.8 Å². The molecule has 0 aliphatic heterocycles. The molecule has 0 aliphatic rings. The SMILES string of the molecule is CCCCCCCCCCCCO[C@@H](CO)[C@H](O)CO. The van der Waals surface area contributed by atoms with Crippen molar-refractivity contribution >= 4 is 0 Å². The average Bonchev–Trinajstić information content (AvgIpc) is 2.48. The number of ether oxygens (including phenoxy) is 1. The molecule has 0 aliphatic carbocycles. The molecule has 0 spiro atoms. The van der Waals surface area contributed by atoms with Crippen molar-refractivity contribution in [2.45, 2.75) is 83.3 Å². The van der Waals surface area contributed by atoms with Crippen LogP contribution in [-0.4, -0.2) is 47.3 Å². The molecule has 0 radical (unpaired) electrons. The van der Waals surface area contributed by atoms with Crippen LogP contribution in [-0.2, 0) is 4.74 Å². The number of hydrogen-bond donors (Lipinski definition) is 3. The molecular weight excluding hydrogens is 256 g/mol. The van der Waals surface area contributed by atoms with Crippen LogP contribution in [0.4, 0.5) is 0 Å². The fraction of sp³-hybridized carbons (Fsp3) is 1.00. The average molecular weight is 290 g/mol. The van der Waals surface area contributed by atoms with Gasteiger partial charge in [-0.3, -0.25) is 0 Å². The highest BCUT2D eigenvalue weighted by molar-refractivity contribution is 4.66. The van der Waals surface area contributed by atoms with E-state index in [1.165, 1.54) is 51.4 Å². The monoisotopic (exact) mass is 290 g/mol. The summed E-state index contributed by atoms with van der Waals surface area (Å²) in [6.45, 7) is 2.16. The Hall–Kier alpha value is -0.160. The van der Waals surface area contributed by atoms with Gasteiger partial charge in [0.2, 0.25) is 0 Å². The van der Waals surface area contributed by atoms with E-state index in [-0.39, 0.29) is 13.2 Å². The molecule has 0 aromatic carbocycles. The quantitative estimate of drug-likeness (QED) is 0.406. The maximum Gasteiger partial charge on any atom is 0.109 e. The molecule has 0 fully saturated rings. The second-order valence-corrected chi connectivity index (χ2v) is 5.52. The van der Waals surface area contributed by atoms with Crippen molar-refractivity contribution in [2.24, 2.45) is 0 Å². The molecule has 0 bridgehead atoms. The van der Waals surface area contributed by atoms with Gasteiger partial charge in [0.05, 0.1) is 13.2 Å². The third-order valence-electron chi connectivity index (χ3n) is 3.63. The van der Waals surface area contributed by atoms with Crippen LogP contribution in [0.5, 0.6) is 0 Å². The summed E-state index contributed by atoms with van der Waals surface area (Å²) in [5.74, 6) is 0. The molecule has 20 heavy (non-hydrogen) atoms. The normalized spacial score (nSPS) is 14.4. The van der Waals surface area contributed by atoms with E-state index in [9.17, 15) is 5.11 Å². The lowest BCUT2D eigenvalue weighted by Crippen LogP contribution is -2.35. The second-order valence-electron chi connectivity index (χ2n) is 5.52. The van der Waals surface area contributed by atoms with Crippen molar-refractivity contribution < 1.29 is 20.1 Å². The molecular formula is C16H34O4. The molecule has 2 atom stereocenters. The van der Waals surface area contributed by atoms with Gasteiger partial charge in [0, 0.05) is 6.61 Å². The first-order valence-corrected chi connectivity index (χ1v) is 8.27. The van der Waals surface area contributed by atoms with Crippen LogP contribution < -0.4 is 0 Å². The Morgan fingerprint density at radius 3 is 1.70 bits per heavy atom. The van der Waals surface area contributed by atoms with Crippen LogP contribution in [0, 0.1) is 0 Å². The van der Waals surface area contributed by atoms with E-state index in [2.05, 4.69) is 6.92 Å². The first-order valence-electron chi connectivity index (χ1n) is 8.27. The van der Waals surface area contributed by atoms with Gasteiger partial charge in [0.1, 0.15) is 12.2 Å². The van der Waals surface area contributed by atoms with Gasteiger partial charge < -0.3 is 20.1 Å². The molecule has 0 unspecified atom stereocenters. The van der Waals surface area contributed by atoms with Gasteiger partial charge in [0.25, 0.3) is 0 Å². The lowest BCUT2D eigenvalue weighted by atomic mass is 10.1. The zero-order valence-electron chi connectivity index (χ0n) is 13.1. The highest BCUT2D eigenvalue weighted by Crippen LogP contribution is 2.11. The van der Waals surface area contributed by atoms with Crippen molar-refractivity contribution in [3.63, 3.8) is 0 Å². The van der Waals surface area contributed by atoms with E-state index in [0.29, 0.717) is 6.61 Å². The van der Waals surface area contributed by atoms with Crippen molar-refractivity contribution in [2.75, 3.05) is 19.8 Å². The standard InChI is InChI=1S/C16H34O4/c1-2-3-4-5-6-7-8-9-10-11-12-20-16(14-18)15(19)13-17/h15-19H,2-14H2,1H3/t15-,16+/m1/s1. The van der Waals surface area contributed by atoms with Crippen LogP contribution in [0.3, 0.4) is 0 Å². The molecule has 0 amide bonds. The Balaban J connectivity index is 3.23. The first kappa shape index (κ1) is 19.8. The highest BCUT2D eigenvalue weighted by Gasteiger charge is 2.17. The largest absolute Gasteiger partial charge is 0.394 e. The number of rotatable bonds is 15. The predicted octanol–water partition coefficient (Wildman–Crippen LogP) is 2.64. The Bertz CT molecular complexity index is 187. The molecule has 0 heterocycles. The van der Waals surface area contributed by atoms with Crippen LogP contribution in [0.2, 0.25) is 0 Å². The third kappa shape index (κ3) is 11.6. The smallest absolute Gasteiger partial charge is 0.109 e. The summed E-state index contributed by atoms with van der Waals surface area (Å²) in [4.78, 5) is 0. The molecule has 0 aromatic rings. The first-order chi connectivity index (χ1) is 9.76. The number of aliphatic hydroxyl groups is 3. The minimum absolute atomic E-state index is 0.251. The Labute approximate surface area is 124 Å². The zero-order valence-corrected chi connectivity index (χ0v) is 13.1. The summed E-state index contributed by atoms with van der Waals surface area (Å²) in [5.41, 5.74) is 0. The van der Waals surface area contributed by atoms with E-state index in [1.807, 2.05) is 0 Å². The Kier molecular flexibility index (Phi) is 15.1. The molecule has 3 N–H and O–H groups in total. The van der Waals surface area contributed by atoms with Crippen molar-refractivity contribution in [1.82, 2.24) is 0 Å². The summed E-state index contributed by atoms with van der Waals surface area (Å²) in [5, 5.41) is 27.1. The summed E-state index contributed by atoms with van der Waals surface area (Å²) >= 11 is 0. The molecule has 4 heteroatoms. The summed E-state index contributed by atoms with van der Waals surface area (Å²) in [6.07, 6.45) is 11.0. The van der Waals surface area contributed by atoms with Crippen LogP contribution >= 0.6 is 0 Å². The molecule has 0 rings (SSSR count). The minimum atomic E-state index is -0.983. The zero-order chi connectivity index (χ0) is 15.1.